The number of benzene rings is 1. The van der Waals surface area contributed by atoms with Gasteiger partial charge in [-0.15, -0.1) is 0 Å². The van der Waals surface area contributed by atoms with Crippen LogP contribution in [0.4, 0.5) is 5.69 Å². The Morgan fingerprint density at radius 1 is 1.55 bits per heavy atom. The van der Waals surface area contributed by atoms with E-state index >= 15 is 0 Å². The van der Waals surface area contributed by atoms with Gasteiger partial charge in [0.05, 0.1) is 7.11 Å². The molecule has 110 valence electrons. The molecule has 0 spiro atoms. The van der Waals surface area contributed by atoms with Crippen LogP contribution >= 0.6 is 0 Å². The highest BCUT2D eigenvalue weighted by Crippen LogP contribution is 2.28. The van der Waals surface area contributed by atoms with Gasteiger partial charge in [-0.05, 0) is 50.4 Å². The van der Waals surface area contributed by atoms with Crippen LogP contribution in [0.15, 0.2) is 18.2 Å². The van der Waals surface area contributed by atoms with Crippen molar-refractivity contribution in [3.05, 3.63) is 18.2 Å². The van der Waals surface area contributed by atoms with E-state index in [1.165, 1.54) is 26.0 Å². The Morgan fingerprint density at radius 2 is 2.40 bits per heavy atom. The summed E-state index contributed by atoms with van der Waals surface area (Å²) >= 11 is 0. The maximum Gasteiger partial charge on any atom is 0.224 e. The van der Waals surface area contributed by atoms with Gasteiger partial charge in [0.15, 0.2) is 11.5 Å². The fourth-order valence-corrected chi connectivity index (χ4v) is 2.50. The molecule has 0 saturated carbocycles. The van der Waals surface area contributed by atoms with Crippen LogP contribution in [0.3, 0.4) is 0 Å². The first-order chi connectivity index (χ1) is 9.69. The average molecular weight is 278 g/mol. The monoisotopic (exact) mass is 278 g/mol. The third-order valence-corrected chi connectivity index (χ3v) is 3.64. The van der Waals surface area contributed by atoms with Crippen LogP contribution in [0.1, 0.15) is 25.7 Å². The second kappa shape index (κ2) is 7.14. The predicted octanol–water partition coefficient (Wildman–Crippen LogP) is 2.12. The van der Waals surface area contributed by atoms with Crippen molar-refractivity contribution >= 4 is 11.6 Å². The molecule has 0 bridgehead atoms. The molecule has 20 heavy (non-hydrogen) atoms. The number of ether oxygens (including phenoxy) is 1. The van der Waals surface area contributed by atoms with Gasteiger partial charge in [0.25, 0.3) is 0 Å². The van der Waals surface area contributed by atoms with E-state index in [1.807, 2.05) is 0 Å². The molecule has 1 unspecified atom stereocenters. The van der Waals surface area contributed by atoms with Crippen LogP contribution in [-0.2, 0) is 4.79 Å². The minimum atomic E-state index is -0.0138. The number of rotatable bonds is 5. The van der Waals surface area contributed by atoms with Gasteiger partial charge in [0, 0.05) is 18.2 Å². The molecule has 1 aromatic rings. The summed E-state index contributed by atoms with van der Waals surface area (Å²) < 4.78 is 4.96. The summed E-state index contributed by atoms with van der Waals surface area (Å²) in [6.45, 7) is 2.10. The number of hydrogen-bond donors (Lipinski definition) is 3. The summed E-state index contributed by atoms with van der Waals surface area (Å²) in [6.07, 6.45) is 3.81. The van der Waals surface area contributed by atoms with Gasteiger partial charge in [0.1, 0.15) is 0 Å². The Kier molecular flexibility index (Phi) is 5.24. The van der Waals surface area contributed by atoms with Crippen LogP contribution < -0.4 is 15.4 Å². The van der Waals surface area contributed by atoms with Crippen LogP contribution in [0.25, 0.3) is 0 Å². The second-order valence-corrected chi connectivity index (χ2v) is 5.19. The first kappa shape index (κ1) is 14.7. The van der Waals surface area contributed by atoms with Crippen LogP contribution in [0, 0.1) is 5.92 Å². The van der Waals surface area contributed by atoms with E-state index in [0.717, 1.165) is 19.5 Å². The van der Waals surface area contributed by atoms with Crippen molar-refractivity contribution in [3.8, 4) is 11.5 Å². The number of methoxy groups -OCH3 is 1. The summed E-state index contributed by atoms with van der Waals surface area (Å²) in [6, 6.07) is 4.85. The molecule has 1 fully saturated rings. The fraction of sp³-hybridized carbons (Fsp3) is 0.533. The molecule has 0 aromatic heterocycles. The topological polar surface area (TPSA) is 70.6 Å². The van der Waals surface area contributed by atoms with E-state index in [-0.39, 0.29) is 11.7 Å². The highest BCUT2D eigenvalue weighted by atomic mass is 16.5. The number of amides is 1. The molecular weight excluding hydrogens is 256 g/mol. The highest BCUT2D eigenvalue weighted by Gasteiger charge is 2.14. The van der Waals surface area contributed by atoms with Gasteiger partial charge in [0.2, 0.25) is 5.91 Å². The third-order valence-electron chi connectivity index (χ3n) is 3.64. The number of carbonyl (C=O) groups excluding carboxylic acids is 1. The van der Waals surface area contributed by atoms with Gasteiger partial charge in [-0.2, -0.15) is 0 Å². The van der Waals surface area contributed by atoms with Gasteiger partial charge < -0.3 is 20.5 Å². The van der Waals surface area contributed by atoms with E-state index in [0.29, 0.717) is 23.8 Å². The molecule has 3 N–H and O–H groups in total. The van der Waals surface area contributed by atoms with Gasteiger partial charge in [-0.1, -0.05) is 0 Å². The summed E-state index contributed by atoms with van der Waals surface area (Å²) in [4.78, 5) is 11.9. The molecule has 1 amide bonds. The Hall–Kier alpha value is -1.75. The quantitative estimate of drug-likeness (QED) is 0.771. The molecule has 0 aliphatic carbocycles. The lowest BCUT2D eigenvalue weighted by atomic mass is 9.94. The minimum Gasteiger partial charge on any atom is -0.504 e. The SMILES string of the molecule is COc1ccc(NC(=O)CCC2CCCNC2)cc1O. The van der Waals surface area contributed by atoms with Gasteiger partial charge >= 0.3 is 0 Å². The van der Waals surface area contributed by atoms with E-state index in [9.17, 15) is 9.90 Å². The summed E-state index contributed by atoms with van der Waals surface area (Å²) in [5, 5.41) is 15.8. The Labute approximate surface area is 119 Å². The lowest BCUT2D eigenvalue weighted by Gasteiger charge is -2.22. The Bertz CT molecular complexity index is 456. The zero-order valence-corrected chi connectivity index (χ0v) is 11.8. The number of phenols is 1. The molecule has 5 heteroatoms. The molecule has 1 heterocycles. The Morgan fingerprint density at radius 3 is 3.05 bits per heavy atom. The van der Waals surface area contributed by atoms with E-state index < -0.39 is 0 Å². The molecule has 1 aliphatic heterocycles. The maximum atomic E-state index is 11.9. The predicted molar refractivity (Wildman–Crippen MR) is 78.1 cm³/mol. The zero-order chi connectivity index (χ0) is 14.4. The number of phenolic OH excluding ortho intramolecular Hbond substituents is 1. The number of carbonyl (C=O) groups is 1. The van der Waals surface area contributed by atoms with Crippen LogP contribution in [0.5, 0.6) is 11.5 Å². The molecule has 2 rings (SSSR count). The van der Waals surface area contributed by atoms with Crippen molar-refractivity contribution in [2.24, 2.45) is 5.92 Å². The third kappa shape index (κ3) is 4.13. The lowest BCUT2D eigenvalue weighted by Crippen LogP contribution is -2.30. The standard InChI is InChI=1S/C15H22N2O3/c1-20-14-6-5-12(9-13(14)18)17-15(19)7-4-11-3-2-8-16-10-11/h5-6,9,11,16,18H,2-4,7-8,10H2,1H3,(H,17,19). The molecule has 1 atom stereocenters. The lowest BCUT2D eigenvalue weighted by molar-refractivity contribution is -0.116. The van der Waals surface area contributed by atoms with Crippen molar-refractivity contribution in [1.29, 1.82) is 0 Å². The summed E-state index contributed by atoms with van der Waals surface area (Å²) in [7, 11) is 1.49. The van der Waals surface area contributed by atoms with Crippen molar-refractivity contribution in [2.75, 3.05) is 25.5 Å². The maximum absolute atomic E-state index is 11.9. The van der Waals surface area contributed by atoms with Crippen molar-refractivity contribution in [2.45, 2.75) is 25.7 Å². The summed E-state index contributed by atoms with van der Waals surface area (Å²) in [5.74, 6) is 1.01. The second-order valence-electron chi connectivity index (χ2n) is 5.19. The smallest absolute Gasteiger partial charge is 0.224 e. The molecule has 0 radical (unpaired) electrons. The van der Waals surface area contributed by atoms with Crippen molar-refractivity contribution < 1.29 is 14.6 Å². The van der Waals surface area contributed by atoms with E-state index in [1.54, 1.807) is 12.1 Å². The number of hydrogen-bond acceptors (Lipinski definition) is 4. The zero-order valence-electron chi connectivity index (χ0n) is 11.8. The summed E-state index contributed by atoms with van der Waals surface area (Å²) in [5.41, 5.74) is 0.593. The van der Waals surface area contributed by atoms with Crippen molar-refractivity contribution in [3.63, 3.8) is 0 Å². The van der Waals surface area contributed by atoms with E-state index in [4.69, 9.17) is 4.74 Å². The number of anilines is 1. The minimum absolute atomic E-state index is 0.0138. The molecule has 1 saturated heterocycles. The Balaban J connectivity index is 1.80. The first-order valence-corrected chi connectivity index (χ1v) is 7.06. The van der Waals surface area contributed by atoms with Crippen LogP contribution in [0.2, 0.25) is 0 Å². The highest BCUT2D eigenvalue weighted by molar-refractivity contribution is 5.91. The number of nitrogens with one attached hydrogen (secondary N) is 2. The number of aromatic hydroxyl groups is 1. The molecular formula is C15H22N2O3. The van der Waals surface area contributed by atoms with Crippen molar-refractivity contribution in [1.82, 2.24) is 5.32 Å². The van der Waals surface area contributed by atoms with Gasteiger partial charge in [-0.25, -0.2) is 0 Å². The average Bonchev–Trinajstić information content (AvgIpc) is 2.46. The number of piperidine rings is 1. The first-order valence-electron chi connectivity index (χ1n) is 7.06. The molecule has 1 aliphatic rings. The largest absolute Gasteiger partial charge is 0.504 e. The van der Waals surface area contributed by atoms with E-state index in [2.05, 4.69) is 10.6 Å². The molecule has 1 aromatic carbocycles. The molecule has 5 nitrogen and oxygen atoms in total. The van der Waals surface area contributed by atoms with Crippen LogP contribution in [-0.4, -0.2) is 31.2 Å². The normalized spacial score (nSPS) is 18.6. The van der Waals surface area contributed by atoms with Gasteiger partial charge in [-0.3, -0.25) is 4.79 Å². The fourth-order valence-electron chi connectivity index (χ4n) is 2.50.